The van der Waals surface area contributed by atoms with Crippen molar-refractivity contribution in [3.05, 3.63) is 22.7 Å². The molecule has 0 spiro atoms. The van der Waals surface area contributed by atoms with Crippen LogP contribution < -0.4 is 22.1 Å². The molecule has 0 aromatic heterocycles. The third kappa shape index (κ3) is 3.54. The third-order valence-electron chi connectivity index (χ3n) is 2.93. The van der Waals surface area contributed by atoms with Gasteiger partial charge >= 0.3 is 0 Å². The summed E-state index contributed by atoms with van der Waals surface area (Å²) in [7, 11) is 1.56. The lowest BCUT2D eigenvalue weighted by atomic mass is 9.92. The summed E-state index contributed by atoms with van der Waals surface area (Å²) in [6.45, 7) is 3.83. The highest BCUT2D eigenvalue weighted by Crippen LogP contribution is 2.30. The number of nitrogen functional groups attached to an aromatic ring is 1. The molecule has 0 bridgehead atoms. The highest BCUT2D eigenvalue weighted by Gasteiger charge is 2.27. The van der Waals surface area contributed by atoms with Gasteiger partial charge in [0.2, 0.25) is 5.91 Å². The summed E-state index contributed by atoms with van der Waals surface area (Å²) in [5.41, 5.74) is 11.2. The molecular formula is C13H19ClN4O2. The van der Waals surface area contributed by atoms with Gasteiger partial charge in [0.25, 0.3) is 5.91 Å². The Bertz CT molecular complexity index is 543. The van der Waals surface area contributed by atoms with E-state index in [2.05, 4.69) is 10.6 Å². The highest BCUT2D eigenvalue weighted by atomic mass is 35.5. The Morgan fingerprint density at radius 1 is 1.35 bits per heavy atom. The number of primary amides is 1. The molecule has 0 heterocycles. The topological polar surface area (TPSA) is 110 Å². The van der Waals surface area contributed by atoms with Gasteiger partial charge in [0.15, 0.2) is 0 Å². The van der Waals surface area contributed by atoms with Gasteiger partial charge in [-0.25, -0.2) is 0 Å². The average molecular weight is 299 g/mol. The number of hydrogen-bond acceptors (Lipinski definition) is 4. The molecule has 0 radical (unpaired) electrons. The number of anilines is 2. The van der Waals surface area contributed by atoms with E-state index >= 15 is 0 Å². The van der Waals surface area contributed by atoms with E-state index in [-0.39, 0.29) is 23.0 Å². The Morgan fingerprint density at radius 3 is 2.45 bits per heavy atom. The number of nitrogens with one attached hydrogen (secondary N) is 2. The van der Waals surface area contributed by atoms with E-state index in [9.17, 15) is 9.59 Å². The van der Waals surface area contributed by atoms with E-state index in [0.717, 1.165) is 0 Å². The fourth-order valence-corrected chi connectivity index (χ4v) is 2.02. The molecule has 110 valence electrons. The van der Waals surface area contributed by atoms with Crippen molar-refractivity contribution in [2.45, 2.75) is 13.8 Å². The Morgan fingerprint density at radius 2 is 1.95 bits per heavy atom. The van der Waals surface area contributed by atoms with Crippen LogP contribution in [0.3, 0.4) is 0 Å². The summed E-state index contributed by atoms with van der Waals surface area (Å²) in [4.78, 5) is 23.1. The number of amides is 2. The molecule has 7 heteroatoms. The van der Waals surface area contributed by atoms with Crippen molar-refractivity contribution in [1.82, 2.24) is 5.32 Å². The molecule has 6 nitrogen and oxygen atoms in total. The van der Waals surface area contributed by atoms with E-state index in [1.807, 2.05) is 0 Å². The van der Waals surface area contributed by atoms with Crippen LogP contribution in [0.15, 0.2) is 12.1 Å². The van der Waals surface area contributed by atoms with Crippen LogP contribution in [-0.4, -0.2) is 25.4 Å². The minimum Gasteiger partial charge on any atom is -0.399 e. The molecule has 0 aliphatic rings. The van der Waals surface area contributed by atoms with Crippen LogP contribution in [-0.2, 0) is 4.79 Å². The van der Waals surface area contributed by atoms with Crippen molar-refractivity contribution in [2.24, 2.45) is 11.1 Å². The fraction of sp³-hybridized carbons (Fsp3) is 0.385. The van der Waals surface area contributed by atoms with Crippen molar-refractivity contribution in [3.63, 3.8) is 0 Å². The van der Waals surface area contributed by atoms with Crippen molar-refractivity contribution in [2.75, 3.05) is 24.6 Å². The number of halogens is 1. The van der Waals surface area contributed by atoms with Crippen LogP contribution in [0.2, 0.25) is 5.02 Å². The Labute approximate surface area is 122 Å². The highest BCUT2D eigenvalue weighted by molar-refractivity contribution is 6.34. The lowest BCUT2D eigenvalue weighted by molar-refractivity contribution is -0.128. The number of rotatable bonds is 5. The quantitative estimate of drug-likeness (QED) is 0.612. The van der Waals surface area contributed by atoms with Gasteiger partial charge in [-0.3, -0.25) is 9.59 Å². The van der Waals surface area contributed by atoms with Crippen molar-refractivity contribution >= 4 is 34.8 Å². The van der Waals surface area contributed by atoms with Crippen LogP contribution in [0, 0.1) is 5.41 Å². The second kappa shape index (κ2) is 6.00. The van der Waals surface area contributed by atoms with Crippen molar-refractivity contribution in [3.8, 4) is 0 Å². The Hall–Kier alpha value is -1.95. The third-order valence-corrected chi connectivity index (χ3v) is 3.22. The smallest absolute Gasteiger partial charge is 0.250 e. The maximum Gasteiger partial charge on any atom is 0.250 e. The van der Waals surface area contributed by atoms with Crippen LogP contribution in [0.4, 0.5) is 11.4 Å². The summed E-state index contributed by atoms with van der Waals surface area (Å²) >= 11 is 6.07. The first-order chi connectivity index (χ1) is 9.19. The molecule has 0 fully saturated rings. The van der Waals surface area contributed by atoms with Crippen LogP contribution in [0.25, 0.3) is 0 Å². The monoisotopic (exact) mass is 298 g/mol. The standard InChI is InChI=1S/C13H19ClN4O2/c1-13(2,12(20)17-3)6-18-10-8(11(16)19)4-7(15)5-9(10)14/h4-5,18H,6,15H2,1-3H3,(H2,16,19)(H,17,20). The first-order valence-electron chi connectivity index (χ1n) is 6.04. The molecular weight excluding hydrogens is 280 g/mol. The van der Waals surface area contributed by atoms with Crippen LogP contribution >= 0.6 is 11.6 Å². The molecule has 1 aromatic rings. The lowest BCUT2D eigenvalue weighted by Gasteiger charge is -2.24. The number of carbonyl (C=O) groups is 2. The molecule has 0 aliphatic carbocycles. The summed E-state index contributed by atoms with van der Waals surface area (Å²) in [5, 5.41) is 5.86. The molecule has 20 heavy (non-hydrogen) atoms. The summed E-state index contributed by atoms with van der Waals surface area (Å²) in [6, 6.07) is 2.96. The number of carbonyl (C=O) groups excluding carboxylic acids is 2. The summed E-state index contributed by atoms with van der Waals surface area (Å²) < 4.78 is 0. The summed E-state index contributed by atoms with van der Waals surface area (Å²) in [5.74, 6) is -0.767. The Balaban J connectivity index is 3.04. The van der Waals surface area contributed by atoms with Gasteiger partial charge in [-0.2, -0.15) is 0 Å². The average Bonchev–Trinajstić information content (AvgIpc) is 2.35. The van der Waals surface area contributed by atoms with Gasteiger partial charge in [-0.1, -0.05) is 11.6 Å². The maximum absolute atomic E-state index is 11.7. The van der Waals surface area contributed by atoms with Crippen LogP contribution in [0.1, 0.15) is 24.2 Å². The van der Waals surface area contributed by atoms with E-state index in [1.165, 1.54) is 12.1 Å². The predicted molar refractivity (Wildman–Crippen MR) is 80.7 cm³/mol. The SMILES string of the molecule is CNC(=O)C(C)(C)CNc1c(Cl)cc(N)cc1C(N)=O. The normalized spacial score (nSPS) is 11.0. The molecule has 1 rings (SSSR count). The molecule has 0 saturated heterocycles. The fourth-order valence-electron chi connectivity index (χ4n) is 1.73. The minimum absolute atomic E-state index is 0.128. The van der Waals surface area contributed by atoms with Gasteiger partial charge in [0.1, 0.15) is 0 Å². The summed E-state index contributed by atoms with van der Waals surface area (Å²) in [6.07, 6.45) is 0. The zero-order valence-electron chi connectivity index (χ0n) is 11.7. The predicted octanol–water partition coefficient (Wildman–Crippen LogP) is 1.21. The van der Waals surface area contributed by atoms with E-state index in [4.69, 9.17) is 23.1 Å². The van der Waals surface area contributed by atoms with Gasteiger partial charge in [0, 0.05) is 19.3 Å². The van der Waals surface area contributed by atoms with Gasteiger partial charge in [-0.05, 0) is 26.0 Å². The van der Waals surface area contributed by atoms with Gasteiger partial charge in [0.05, 0.1) is 21.7 Å². The van der Waals surface area contributed by atoms with Gasteiger partial charge < -0.3 is 22.1 Å². The molecule has 6 N–H and O–H groups in total. The molecule has 0 saturated carbocycles. The lowest BCUT2D eigenvalue weighted by Crippen LogP contribution is -2.39. The molecule has 0 aliphatic heterocycles. The first-order valence-corrected chi connectivity index (χ1v) is 6.41. The number of benzene rings is 1. The second-order valence-corrected chi connectivity index (χ2v) is 5.51. The van der Waals surface area contributed by atoms with Crippen LogP contribution in [0.5, 0.6) is 0 Å². The number of hydrogen-bond donors (Lipinski definition) is 4. The Kier molecular flexibility index (Phi) is 4.83. The number of nitrogens with two attached hydrogens (primary N) is 2. The van der Waals surface area contributed by atoms with E-state index in [0.29, 0.717) is 11.4 Å². The minimum atomic E-state index is -0.672. The molecule has 2 amide bonds. The van der Waals surface area contributed by atoms with Crippen molar-refractivity contribution in [1.29, 1.82) is 0 Å². The zero-order chi connectivity index (χ0) is 15.5. The molecule has 1 aromatic carbocycles. The molecule has 0 atom stereocenters. The largest absolute Gasteiger partial charge is 0.399 e. The van der Waals surface area contributed by atoms with E-state index in [1.54, 1.807) is 20.9 Å². The second-order valence-electron chi connectivity index (χ2n) is 5.11. The maximum atomic E-state index is 11.7. The van der Waals surface area contributed by atoms with E-state index < -0.39 is 11.3 Å². The molecule has 0 unspecified atom stereocenters. The van der Waals surface area contributed by atoms with Crippen molar-refractivity contribution < 1.29 is 9.59 Å². The first kappa shape index (κ1) is 16.1. The zero-order valence-corrected chi connectivity index (χ0v) is 12.5. The van der Waals surface area contributed by atoms with Gasteiger partial charge in [-0.15, -0.1) is 0 Å².